The average molecular weight is 541 g/mol. The maximum absolute atomic E-state index is 12.4. The third-order valence-corrected chi connectivity index (χ3v) is 5.97. The second-order valence-corrected chi connectivity index (χ2v) is 9.02. The van der Waals surface area contributed by atoms with Crippen LogP contribution in [-0.4, -0.2) is 67.9 Å². The van der Waals surface area contributed by atoms with Gasteiger partial charge in [0.05, 0.1) is 19.8 Å². The molecule has 5 atom stereocenters. The minimum atomic E-state index is -1.12. The first-order valence-corrected chi connectivity index (χ1v) is 11.9. The fourth-order valence-corrected chi connectivity index (χ4v) is 3.91. The zero-order valence-corrected chi connectivity index (χ0v) is 21.2. The standard InChI is InChI=1S/C24H30Cl2N4O6/c1-33-22-20(30-19(31)10-29-24(27)28)23(35-12-15-4-8-17(26)9-5-15)36-18(21(22)32)13-34-11-14-2-6-16(25)7-3-14/h2-9,18,20-23,32H,10-13H2,1H3,(H,30,31)(H4,27,28,29)/t18-,20-,21-,22-,23?/m1/s1. The van der Waals surface area contributed by atoms with Crippen molar-refractivity contribution >= 4 is 35.1 Å². The average Bonchev–Trinajstić information content (AvgIpc) is 2.85. The Hall–Kier alpha value is -2.44. The second kappa shape index (κ2) is 13.8. The molecule has 0 radical (unpaired) electrons. The fraction of sp³-hybridized carbons (Fsp3) is 0.417. The van der Waals surface area contributed by atoms with Gasteiger partial charge in [0.2, 0.25) is 5.91 Å². The Kier molecular flexibility index (Phi) is 10.7. The summed E-state index contributed by atoms with van der Waals surface area (Å²) in [6.45, 7) is 0.200. The molecular formula is C24H30Cl2N4O6. The van der Waals surface area contributed by atoms with E-state index in [1.165, 1.54) is 7.11 Å². The molecule has 1 heterocycles. The van der Waals surface area contributed by atoms with Crippen molar-refractivity contribution in [2.45, 2.75) is 43.9 Å². The van der Waals surface area contributed by atoms with Crippen LogP contribution in [0.3, 0.4) is 0 Å². The molecule has 10 nitrogen and oxygen atoms in total. The van der Waals surface area contributed by atoms with Crippen molar-refractivity contribution in [3.05, 3.63) is 69.7 Å². The molecule has 1 unspecified atom stereocenters. The topological polar surface area (TPSA) is 151 Å². The summed E-state index contributed by atoms with van der Waals surface area (Å²) in [7, 11) is 1.43. The number of nitrogens with one attached hydrogen (secondary N) is 1. The van der Waals surface area contributed by atoms with E-state index in [9.17, 15) is 9.90 Å². The van der Waals surface area contributed by atoms with E-state index in [1.54, 1.807) is 24.3 Å². The van der Waals surface area contributed by atoms with E-state index in [0.29, 0.717) is 10.0 Å². The highest BCUT2D eigenvalue weighted by Gasteiger charge is 2.47. The number of nitrogens with zero attached hydrogens (tertiary/aromatic N) is 1. The van der Waals surface area contributed by atoms with Gasteiger partial charge in [-0.1, -0.05) is 47.5 Å². The number of carbonyl (C=O) groups excluding carboxylic acids is 1. The van der Waals surface area contributed by atoms with E-state index in [-0.39, 0.29) is 32.3 Å². The third-order valence-electron chi connectivity index (χ3n) is 5.47. The molecule has 0 saturated carbocycles. The molecule has 12 heteroatoms. The molecular weight excluding hydrogens is 511 g/mol. The number of rotatable bonds is 11. The molecule has 1 aliphatic rings. The molecule has 2 aromatic rings. The number of methoxy groups -OCH3 is 1. The zero-order chi connectivity index (χ0) is 26.1. The number of aliphatic imine (C=N–C) groups is 1. The van der Waals surface area contributed by atoms with Gasteiger partial charge in [0, 0.05) is 17.2 Å². The number of amides is 1. The number of carbonyl (C=O) groups is 1. The number of ether oxygens (including phenoxy) is 4. The first-order valence-electron chi connectivity index (χ1n) is 11.2. The highest BCUT2D eigenvalue weighted by atomic mass is 35.5. The van der Waals surface area contributed by atoms with Crippen molar-refractivity contribution in [2.75, 3.05) is 20.3 Å². The van der Waals surface area contributed by atoms with Gasteiger partial charge in [-0.2, -0.15) is 0 Å². The maximum atomic E-state index is 12.4. The van der Waals surface area contributed by atoms with Gasteiger partial charge < -0.3 is 40.8 Å². The van der Waals surface area contributed by atoms with Gasteiger partial charge in [-0.05, 0) is 35.4 Å². The molecule has 196 valence electrons. The summed E-state index contributed by atoms with van der Waals surface area (Å²) in [6.07, 6.45) is -3.74. The number of guanidine groups is 1. The number of hydrogen-bond donors (Lipinski definition) is 4. The smallest absolute Gasteiger partial charge is 0.242 e. The lowest BCUT2D eigenvalue weighted by Gasteiger charge is -2.44. The van der Waals surface area contributed by atoms with Crippen molar-refractivity contribution in [1.82, 2.24) is 5.32 Å². The highest BCUT2D eigenvalue weighted by Crippen LogP contribution is 2.26. The van der Waals surface area contributed by atoms with E-state index in [2.05, 4.69) is 10.3 Å². The highest BCUT2D eigenvalue weighted by molar-refractivity contribution is 6.30. The summed E-state index contributed by atoms with van der Waals surface area (Å²) in [5, 5.41) is 14.9. The molecule has 0 aromatic heterocycles. The van der Waals surface area contributed by atoms with Crippen molar-refractivity contribution in [3.63, 3.8) is 0 Å². The van der Waals surface area contributed by atoms with Gasteiger partial charge in [0.15, 0.2) is 12.2 Å². The molecule has 36 heavy (non-hydrogen) atoms. The van der Waals surface area contributed by atoms with E-state index in [0.717, 1.165) is 11.1 Å². The van der Waals surface area contributed by atoms with E-state index >= 15 is 0 Å². The van der Waals surface area contributed by atoms with Crippen LogP contribution in [0.2, 0.25) is 10.0 Å². The molecule has 1 aliphatic heterocycles. The first kappa shape index (κ1) is 28.1. The molecule has 1 fully saturated rings. The molecule has 3 rings (SSSR count). The summed E-state index contributed by atoms with van der Waals surface area (Å²) in [5.74, 6) is -0.717. The summed E-state index contributed by atoms with van der Waals surface area (Å²) < 4.78 is 23.4. The zero-order valence-electron chi connectivity index (χ0n) is 19.7. The Morgan fingerprint density at radius 3 is 2.19 bits per heavy atom. The van der Waals surface area contributed by atoms with Gasteiger partial charge in [-0.15, -0.1) is 0 Å². The lowest BCUT2D eigenvalue weighted by atomic mass is 9.96. The Balaban J connectivity index is 1.71. The monoisotopic (exact) mass is 540 g/mol. The molecule has 2 aromatic carbocycles. The van der Waals surface area contributed by atoms with Gasteiger partial charge in [-0.25, -0.2) is 4.99 Å². The van der Waals surface area contributed by atoms with Crippen LogP contribution in [0, 0.1) is 0 Å². The summed E-state index contributed by atoms with van der Waals surface area (Å²) in [5.41, 5.74) is 12.4. The van der Waals surface area contributed by atoms with Gasteiger partial charge in [0.25, 0.3) is 0 Å². The lowest BCUT2D eigenvalue weighted by Crippen LogP contribution is -2.65. The maximum Gasteiger partial charge on any atom is 0.242 e. The number of hydrogen-bond acceptors (Lipinski definition) is 7. The minimum absolute atomic E-state index is 0.0547. The van der Waals surface area contributed by atoms with Gasteiger partial charge in [0.1, 0.15) is 30.9 Å². The van der Waals surface area contributed by atoms with Gasteiger partial charge in [-0.3, -0.25) is 4.79 Å². The fourth-order valence-electron chi connectivity index (χ4n) is 3.66. The number of benzene rings is 2. The van der Waals surface area contributed by atoms with Crippen molar-refractivity contribution in [3.8, 4) is 0 Å². The van der Waals surface area contributed by atoms with Crippen molar-refractivity contribution < 1.29 is 28.8 Å². The largest absolute Gasteiger partial charge is 0.388 e. The predicted octanol–water partition coefficient (Wildman–Crippen LogP) is 1.59. The van der Waals surface area contributed by atoms with Crippen LogP contribution in [0.1, 0.15) is 11.1 Å². The Morgan fingerprint density at radius 2 is 1.64 bits per heavy atom. The Bertz CT molecular complexity index is 1000. The van der Waals surface area contributed by atoms with Crippen molar-refractivity contribution in [1.29, 1.82) is 0 Å². The van der Waals surface area contributed by atoms with Crippen molar-refractivity contribution in [2.24, 2.45) is 16.5 Å². The third kappa shape index (κ3) is 8.31. The summed E-state index contributed by atoms with van der Waals surface area (Å²) >= 11 is 11.9. The predicted molar refractivity (Wildman–Crippen MR) is 135 cm³/mol. The SMILES string of the molecule is CO[C@H]1[C@H](O)[C@@H](COCc2ccc(Cl)cc2)OC(OCc2ccc(Cl)cc2)[C@@H]1NC(=O)CN=C(N)N. The normalized spacial score (nSPS) is 23.7. The van der Waals surface area contributed by atoms with Crippen LogP contribution in [-0.2, 0) is 37.0 Å². The number of halogens is 2. The van der Waals surface area contributed by atoms with Crippen LogP contribution < -0.4 is 16.8 Å². The van der Waals surface area contributed by atoms with E-state index in [1.807, 2.05) is 24.3 Å². The van der Waals surface area contributed by atoms with Crippen LogP contribution >= 0.6 is 23.2 Å². The molecule has 0 spiro atoms. The summed E-state index contributed by atoms with van der Waals surface area (Å²) in [6, 6.07) is 13.5. The Morgan fingerprint density at radius 1 is 1.06 bits per heavy atom. The van der Waals surface area contributed by atoms with E-state index < -0.39 is 36.6 Å². The first-order chi connectivity index (χ1) is 17.3. The quantitative estimate of drug-likeness (QED) is 0.247. The van der Waals surface area contributed by atoms with Gasteiger partial charge >= 0.3 is 0 Å². The number of aliphatic hydroxyl groups is 1. The van der Waals surface area contributed by atoms with Crippen LogP contribution in [0.4, 0.5) is 0 Å². The summed E-state index contributed by atoms with van der Waals surface area (Å²) in [4.78, 5) is 16.2. The molecule has 1 saturated heterocycles. The molecule has 1 amide bonds. The second-order valence-electron chi connectivity index (χ2n) is 8.15. The molecule has 6 N–H and O–H groups in total. The van der Waals surface area contributed by atoms with E-state index in [4.69, 9.17) is 53.6 Å². The molecule has 0 bridgehead atoms. The van der Waals surface area contributed by atoms with Crippen LogP contribution in [0.25, 0.3) is 0 Å². The number of nitrogens with two attached hydrogens (primary N) is 2. The lowest BCUT2D eigenvalue weighted by molar-refractivity contribution is -0.279. The molecule has 0 aliphatic carbocycles. The Labute approximate surface area is 219 Å². The van der Waals surface area contributed by atoms with Crippen LogP contribution in [0.15, 0.2) is 53.5 Å². The van der Waals surface area contributed by atoms with Crippen LogP contribution in [0.5, 0.6) is 0 Å². The minimum Gasteiger partial charge on any atom is -0.388 e. The number of aliphatic hydroxyl groups excluding tert-OH is 1.